The largest absolute Gasteiger partial charge is 0.392 e. The highest BCUT2D eigenvalue weighted by Gasteiger charge is 2.68. The number of carbonyl (C=O) groups excluding carboxylic acids is 1. The second kappa shape index (κ2) is 14.3. The molecule has 0 aliphatic carbocycles. The normalized spacial score (nSPS) is 52.4. The molecule has 1 spiro atoms. The predicted octanol–water partition coefficient (Wildman–Crippen LogP) is 3.44. The molecule has 0 radical (unpaired) electrons. The van der Waals surface area contributed by atoms with Crippen molar-refractivity contribution in [1.82, 2.24) is 0 Å². The van der Waals surface area contributed by atoms with Gasteiger partial charge in [-0.2, -0.15) is 0 Å². The lowest BCUT2D eigenvalue weighted by Gasteiger charge is -2.47. The number of Topliss-reactive ketones (excluding diaryl/α,β-unsaturated/α-hetero) is 1. The van der Waals surface area contributed by atoms with Gasteiger partial charge in [0.05, 0.1) is 67.1 Å². The predicted molar refractivity (Wildman–Crippen MR) is 186 cm³/mol. The van der Waals surface area contributed by atoms with Crippen LogP contribution in [0, 0.1) is 11.8 Å². The first kappa shape index (κ1) is 36.4. The van der Waals surface area contributed by atoms with E-state index in [0.29, 0.717) is 25.7 Å². The zero-order valence-electron chi connectivity index (χ0n) is 30.8. The standard InChI is InChI=1S/C40H59NO11/c1-19-11-24-5-7-28-20(2)12-26(45-28)9-10-40-17-33-36(51-40)37-38(50-33)39(52-40)35-29(49-37)8-6-25(47-35)13-22(42)14-27-31(16-30(46-24)21(19)3)48-32(34(27)44-4)15-23(43)18-41/h19,23-39,43H,2-3,5-18,41H2,1,4H3/t19-,23+,24+,25?,26+,27+,28?,29+,30?,31+,32?,33-,34-,35+,36?,37+,38-,39+,40+/m1/s1. The second-order valence-electron chi connectivity index (χ2n) is 17.4. The Labute approximate surface area is 307 Å². The number of fused-ring (bicyclic) bond motifs is 6. The summed E-state index contributed by atoms with van der Waals surface area (Å²) in [5, 5.41) is 10.5. The summed E-state index contributed by atoms with van der Waals surface area (Å²) in [5.41, 5.74) is 8.01. The third kappa shape index (κ3) is 6.59. The molecule has 12 heteroatoms. The van der Waals surface area contributed by atoms with Crippen LogP contribution in [0.3, 0.4) is 0 Å². The number of hydrogen-bond donors (Lipinski definition) is 2. The van der Waals surface area contributed by atoms with E-state index >= 15 is 0 Å². The zero-order chi connectivity index (χ0) is 35.9. The van der Waals surface area contributed by atoms with Crippen molar-refractivity contribution in [3.8, 4) is 0 Å². The van der Waals surface area contributed by atoms with Crippen LogP contribution < -0.4 is 5.73 Å². The number of hydrogen-bond acceptors (Lipinski definition) is 12. The van der Waals surface area contributed by atoms with Crippen LogP contribution in [-0.4, -0.2) is 128 Å². The topological polar surface area (TPSA) is 146 Å². The van der Waals surface area contributed by atoms with Crippen LogP contribution in [0.25, 0.3) is 0 Å². The number of carbonyl (C=O) groups is 1. The summed E-state index contributed by atoms with van der Waals surface area (Å²) in [6, 6.07) is 0. The van der Waals surface area contributed by atoms with E-state index in [4.69, 9.17) is 48.4 Å². The summed E-state index contributed by atoms with van der Waals surface area (Å²) in [7, 11) is 1.66. The molecule has 3 N–H and O–H groups in total. The lowest BCUT2D eigenvalue weighted by molar-refractivity contribution is -0.292. The van der Waals surface area contributed by atoms with Crippen molar-refractivity contribution >= 4 is 5.78 Å². The average molecular weight is 730 g/mol. The summed E-state index contributed by atoms with van der Waals surface area (Å²) >= 11 is 0. The van der Waals surface area contributed by atoms with Gasteiger partial charge in [-0.15, -0.1) is 0 Å². The van der Waals surface area contributed by atoms with Crippen molar-refractivity contribution in [3.63, 3.8) is 0 Å². The van der Waals surface area contributed by atoms with Crippen molar-refractivity contribution in [2.24, 2.45) is 17.6 Å². The molecule has 19 atom stereocenters. The summed E-state index contributed by atoms with van der Waals surface area (Å²) < 4.78 is 60.0. The Morgan fingerprint density at radius 1 is 0.808 bits per heavy atom. The fraction of sp³-hybridized carbons (Fsp3) is 0.875. The first-order chi connectivity index (χ1) is 25.1. The summed E-state index contributed by atoms with van der Waals surface area (Å²) in [4.78, 5) is 14.1. The Morgan fingerprint density at radius 2 is 1.56 bits per heavy atom. The smallest absolute Gasteiger partial charge is 0.172 e. The lowest BCUT2D eigenvalue weighted by Crippen LogP contribution is -2.61. The highest BCUT2D eigenvalue weighted by Crippen LogP contribution is 2.54. The van der Waals surface area contributed by atoms with Gasteiger partial charge in [-0.05, 0) is 62.0 Å². The molecule has 5 unspecified atom stereocenters. The number of aliphatic hydroxyl groups excluding tert-OH is 1. The molecule has 10 rings (SSSR count). The van der Waals surface area contributed by atoms with E-state index < -0.39 is 18.0 Å². The Bertz CT molecular complexity index is 1380. The Balaban J connectivity index is 0.994. The summed E-state index contributed by atoms with van der Waals surface area (Å²) in [6.07, 6.45) is 4.85. The molecule has 10 aliphatic rings. The third-order valence-corrected chi connectivity index (χ3v) is 14.0. The van der Waals surface area contributed by atoms with Crippen LogP contribution in [0.2, 0.25) is 0 Å². The van der Waals surface area contributed by atoms with Crippen LogP contribution in [0.15, 0.2) is 24.3 Å². The second-order valence-corrected chi connectivity index (χ2v) is 17.4. The van der Waals surface area contributed by atoms with Crippen LogP contribution in [0.4, 0.5) is 0 Å². The van der Waals surface area contributed by atoms with Gasteiger partial charge in [0.2, 0.25) is 0 Å². The van der Waals surface area contributed by atoms with Gasteiger partial charge < -0.3 is 53.5 Å². The minimum absolute atomic E-state index is 0.0158. The molecule has 0 aromatic rings. The van der Waals surface area contributed by atoms with E-state index in [-0.39, 0.29) is 122 Å². The Kier molecular flexibility index (Phi) is 10.0. The zero-order valence-corrected chi connectivity index (χ0v) is 30.8. The monoisotopic (exact) mass is 729 g/mol. The lowest BCUT2D eigenvalue weighted by atomic mass is 9.81. The average Bonchev–Trinajstić information content (AvgIpc) is 3.79. The van der Waals surface area contributed by atoms with Gasteiger partial charge in [0, 0.05) is 58.1 Å². The maximum Gasteiger partial charge on any atom is 0.172 e. The number of nitrogens with two attached hydrogens (primary N) is 1. The fourth-order valence-corrected chi connectivity index (χ4v) is 11.3. The number of aliphatic hydroxyl groups is 1. The fourth-order valence-electron chi connectivity index (χ4n) is 11.3. The molecule has 52 heavy (non-hydrogen) atoms. The van der Waals surface area contributed by atoms with E-state index in [9.17, 15) is 9.90 Å². The van der Waals surface area contributed by atoms with Gasteiger partial charge in [0.1, 0.15) is 36.3 Å². The van der Waals surface area contributed by atoms with Crippen LogP contribution >= 0.6 is 0 Å². The van der Waals surface area contributed by atoms with Crippen LogP contribution in [0.5, 0.6) is 0 Å². The van der Waals surface area contributed by atoms with E-state index in [1.54, 1.807) is 7.11 Å². The van der Waals surface area contributed by atoms with Gasteiger partial charge in [0.15, 0.2) is 5.79 Å². The number of ether oxygens (including phenoxy) is 9. The van der Waals surface area contributed by atoms with Gasteiger partial charge in [-0.3, -0.25) is 4.79 Å². The van der Waals surface area contributed by atoms with Crippen molar-refractivity contribution < 1.29 is 52.5 Å². The van der Waals surface area contributed by atoms with Gasteiger partial charge >= 0.3 is 0 Å². The van der Waals surface area contributed by atoms with Crippen molar-refractivity contribution in [1.29, 1.82) is 0 Å². The quantitative estimate of drug-likeness (QED) is 0.409. The maximum absolute atomic E-state index is 14.1. The number of ketones is 1. The summed E-state index contributed by atoms with van der Waals surface area (Å²) in [6.45, 7) is 11.3. The van der Waals surface area contributed by atoms with Crippen LogP contribution in [-0.2, 0) is 47.4 Å². The molecule has 10 aliphatic heterocycles. The summed E-state index contributed by atoms with van der Waals surface area (Å²) in [5.74, 6) is -0.619. The molecule has 0 aromatic heterocycles. The number of rotatable bonds is 4. The minimum atomic E-state index is -0.780. The van der Waals surface area contributed by atoms with Gasteiger partial charge in [0.25, 0.3) is 0 Å². The van der Waals surface area contributed by atoms with Crippen molar-refractivity contribution in [2.45, 2.75) is 194 Å². The molecule has 10 saturated heterocycles. The van der Waals surface area contributed by atoms with Gasteiger partial charge in [-0.1, -0.05) is 20.1 Å². The number of methoxy groups -OCH3 is 1. The first-order valence-electron chi connectivity index (χ1n) is 20.2. The molecule has 10 fully saturated rings. The Hall–Kier alpha value is -1.29. The maximum atomic E-state index is 14.1. The highest BCUT2D eigenvalue weighted by molar-refractivity contribution is 5.79. The van der Waals surface area contributed by atoms with E-state index in [1.165, 1.54) is 0 Å². The van der Waals surface area contributed by atoms with Crippen molar-refractivity contribution in [3.05, 3.63) is 24.3 Å². The molecule has 0 aromatic carbocycles. The minimum Gasteiger partial charge on any atom is -0.392 e. The SMILES string of the molecule is C=C1C[C@@H]2CC[C@@]34C[C@H]5O[C@H]6[C@@H](O3)[C@H]3OC(CC[C@@H]3O[C@H]6C5O4)CC(=O)C[C@H]3[C@H](CC4O[C@@H](CCC1O2)C[C@@H](C)C4=C)OC(C[C@H](O)CN)[C@@H]3OC. The molecule has 0 amide bonds. The molecular weight excluding hydrogens is 670 g/mol. The third-order valence-electron chi connectivity index (χ3n) is 14.0. The van der Waals surface area contributed by atoms with Crippen LogP contribution in [0.1, 0.15) is 90.4 Å². The van der Waals surface area contributed by atoms with Gasteiger partial charge in [-0.25, -0.2) is 0 Å². The first-order valence-corrected chi connectivity index (χ1v) is 20.2. The molecule has 0 saturated carbocycles. The molecule has 290 valence electrons. The van der Waals surface area contributed by atoms with Crippen molar-refractivity contribution in [2.75, 3.05) is 13.7 Å². The molecule has 10 heterocycles. The molecular formula is C40H59NO11. The molecule has 12 nitrogen and oxygen atoms in total. The van der Waals surface area contributed by atoms with E-state index in [1.807, 2.05) is 0 Å². The van der Waals surface area contributed by atoms with E-state index in [2.05, 4.69) is 20.1 Å². The Morgan fingerprint density at radius 3 is 2.38 bits per heavy atom. The van der Waals surface area contributed by atoms with E-state index in [0.717, 1.165) is 56.1 Å². The highest BCUT2D eigenvalue weighted by atomic mass is 16.8. The molecule has 12 bridgehead atoms.